The highest BCUT2D eigenvalue weighted by atomic mass is 79.9. The quantitative estimate of drug-likeness (QED) is 0.827. The molecule has 0 fully saturated rings. The summed E-state index contributed by atoms with van der Waals surface area (Å²) in [6.45, 7) is 0. The number of benzene rings is 2. The number of hydrogen-bond donors (Lipinski definition) is 1. The Morgan fingerprint density at radius 2 is 1.89 bits per heavy atom. The summed E-state index contributed by atoms with van der Waals surface area (Å²) in [6, 6.07) is 11.5. The van der Waals surface area contributed by atoms with Crippen molar-refractivity contribution >= 4 is 33.7 Å². The summed E-state index contributed by atoms with van der Waals surface area (Å²) in [7, 11) is 0. The minimum absolute atomic E-state index is 0.0970. The Balaban J connectivity index is 2.12. The molecule has 0 saturated carbocycles. The molecule has 5 heteroatoms. The van der Waals surface area contributed by atoms with Gasteiger partial charge in [-0.25, -0.2) is 9.18 Å². The summed E-state index contributed by atoms with van der Waals surface area (Å²) in [6.07, 6.45) is 0. The molecular weight excluding hydrogens is 331 g/mol. The molecule has 0 radical (unpaired) electrons. The van der Waals surface area contributed by atoms with Crippen molar-refractivity contribution in [2.75, 3.05) is 0 Å². The maximum atomic E-state index is 13.6. The van der Waals surface area contributed by atoms with Crippen LogP contribution < -0.4 is 0 Å². The number of aromatic carboxylic acids is 1. The van der Waals surface area contributed by atoms with E-state index in [1.807, 2.05) is 24.3 Å². The molecule has 0 amide bonds. The Hall–Kier alpha value is -1.33. The van der Waals surface area contributed by atoms with E-state index in [1.165, 1.54) is 30.0 Å². The lowest BCUT2D eigenvalue weighted by Crippen LogP contribution is -1.97. The summed E-state index contributed by atoms with van der Waals surface area (Å²) in [5, 5.41) is 8.88. The second-order valence-corrected chi connectivity index (χ2v) is 5.80. The van der Waals surface area contributed by atoms with Crippen molar-refractivity contribution in [3.63, 3.8) is 0 Å². The van der Waals surface area contributed by atoms with E-state index in [-0.39, 0.29) is 5.56 Å². The van der Waals surface area contributed by atoms with Crippen LogP contribution >= 0.6 is 27.7 Å². The Kier molecular flexibility index (Phi) is 4.61. The van der Waals surface area contributed by atoms with Gasteiger partial charge in [-0.1, -0.05) is 28.1 Å². The van der Waals surface area contributed by atoms with Gasteiger partial charge < -0.3 is 5.11 Å². The first-order chi connectivity index (χ1) is 9.06. The number of carboxylic acid groups (broad SMARTS) is 1. The number of carbonyl (C=O) groups is 1. The van der Waals surface area contributed by atoms with Gasteiger partial charge >= 0.3 is 5.97 Å². The number of carboxylic acids is 1. The van der Waals surface area contributed by atoms with Gasteiger partial charge in [0.15, 0.2) is 0 Å². The number of thioether (sulfide) groups is 1. The van der Waals surface area contributed by atoms with E-state index in [0.29, 0.717) is 10.6 Å². The fourth-order valence-electron chi connectivity index (χ4n) is 1.49. The topological polar surface area (TPSA) is 37.3 Å². The molecule has 0 aliphatic carbocycles. The van der Waals surface area contributed by atoms with E-state index in [1.54, 1.807) is 0 Å². The van der Waals surface area contributed by atoms with Gasteiger partial charge in [-0.05, 0) is 35.9 Å². The predicted octanol–water partition coefficient (Wildman–Crippen LogP) is 4.58. The average Bonchev–Trinajstić information content (AvgIpc) is 2.39. The standard InChI is InChI=1S/C14H10BrFO2S/c15-11-4-1-9(2-5-11)8-19-13-7-10(14(17)18)3-6-12(13)16/h1-7H,8H2,(H,17,18). The third-order valence-electron chi connectivity index (χ3n) is 2.49. The smallest absolute Gasteiger partial charge is 0.335 e. The maximum absolute atomic E-state index is 13.6. The highest BCUT2D eigenvalue weighted by Gasteiger charge is 2.09. The molecule has 2 aromatic rings. The van der Waals surface area contributed by atoms with Crippen molar-refractivity contribution in [2.45, 2.75) is 10.6 Å². The fraction of sp³-hybridized carbons (Fsp3) is 0.0714. The van der Waals surface area contributed by atoms with Gasteiger partial charge in [-0.2, -0.15) is 0 Å². The zero-order valence-electron chi connectivity index (χ0n) is 9.77. The minimum atomic E-state index is -1.05. The first-order valence-corrected chi connectivity index (χ1v) is 7.24. The zero-order chi connectivity index (χ0) is 13.8. The molecule has 2 aromatic carbocycles. The van der Waals surface area contributed by atoms with Crippen molar-refractivity contribution in [1.29, 1.82) is 0 Å². The normalized spacial score (nSPS) is 10.4. The molecule has 2 nitrogen and oxygen atoms in total. The van der Waals surface area contributed by atoms with Crippen LogP contribution in [-0.2, 0) is 5.75 Å². The number of halogens is 2. The molecule has 0 bridgehead atoms. The van der Waals surface area contributed by atoms with Crippen LogP contribution in [0.15, 0.2) is 51.8 Å². The summed E-state index contributed by atoms with van der Waals surface area (Å²) in [5.74, 6) is -0.856. The first-order valence-electron chi connectivity index (χ1n) is 5.46. The Labute approximate surface area is 122 Å². The molecular formula is C14H10BrFO2S. The highest BCUT2D eigenvalue weighted by molar-refractivity contribution is 9.10. The molecule has 1 N–H and O–H groups in total. The molecule has 0 unspecified atom stereocenters. The van der Waals surface area contributed by atoms with Gasteiger partial charge in [-0.15, -0.1) is 11.8 Å². The predicted molar refractivity (Wildman–Crippen MR) is 77.1 cm³/mol. The SMILES string of the molecule is O=C(O)c1ccc(F)c(SCc2ccc(Br)cc2)c1. The van der Waals surface area contributed by atoms with Crippen molar-refractivity contribution in [2.24, 2.45) is 0 Å². The van der Waals surface area contributed by atoms with Crippen LogP contribution in [0.2, 0.25) is 0 Å². The molecule has 0 atom stereocenters. The molecule has 19 heavy (non-hydrogen) atoms. The van der Waals surface area contributed by atoms with Crippen LogP contribution in [0.25, 0.3) is 0 Å². The van der Waals surface area contributed by atoms with E-state index in [0.717, 1.165) is 10.0 Å². The van der Waals surface area contributed by atoms with Gasteiger partial charge in [0, 0.05) is 15.1 Å². The average molecular weight is 341 g/mol. The minimum Gasteiger partial charge on any atom is -0.478 e. The maximum Gasteiger partial charge on any atom is 0.335 e. The van der Waals surface area contributed by atoms with Crippen LogP contribution in [-0.4, -0.2) is 11.1 Å². The lowest BCUT2D eigenvalue weighted by molar-refractivity contribution is 0.0696. The molecule has 0 aliphatic heterocycles. The van der Waals surface area contributed by atoms with Gasteiger partial charge in [0.05, 0.1) is 5.56 Å². The van der Waals surface area contributed by atoms with Crippen LogP contribution in [0.1, 0.15) is 15.9 Å². The Morgan fingerprint density at radius 1 is 1.21 bits per heavy atom. The monoisotopic (exact) mass is 340 g/mol. The summed E-state index contributed by atoms with van der Waals surface area (Å²) in [5.41, 5.74) is 1.15. The third kappa shape index (κ3) is 3.81. The lowest BCUT2D eigenvalue weighted by Gasteiger charge is -2.05. The number of hydrogen-bond acceptors (Lipinski definition) is 2. The molecule has 0 aromatic heterocycles. The molecule has 2 rings (SSSR count). The van der Waals surface area contributed by atoms with E-state index < -0.39 is 11.8 Å². The fourth-order valence-corrected chi connectivity index (χ4v) is 2.68. The highest BCUT2D eigenvalue weighted by Crippen LogP contribution is 2.27. The molecule has 0 aliphatic rings. The first kappa shape index (κ1) is 14.1. The molecule has 0 spiro atoms. The zero-order valence-corrected chi connectivity index (χ0v) is 12.2. The van der Waals surface area contributed by atoms with E-state index >= 15 is 0 Å². The lowest BCUT2D eigenvalue weighted by atomic mass is 10.2. The van der Waals surface area contributed by atoms with Gasteiger partial charge in [0.1, 0.15) is 5.82 Å². The van der Waals surface area contributed by atoms with E-state index in [9.17, 15) is 9.18 Å². The third-order valence-corrected chi connectivity index (χ3v) is 4.12. The Morgan fingerprint density at radius 3 is 2.53 bits per heavy atom. The van der Waals surface area contributed by atoms with Crippen LogP contribution in [0.3, 0.4) is 0 Å². The molecule has 0 saturated heterocycles. The van der Waals surface area contributed by atoms with Gasteiger partial charge in [0.25, 0.3) is 0 Å². The Bertz CT molecular complexity index is 599. The molecule has 0 heterocycles. The van der Waals surface area contributed by atoms with E-state index in [4.69, 9.17) is 5.11 Å². The second kappa shape index (κ2) is 6.21. The van der Waals surface area contributed by atoms with Crippen molar-refractivity contribution in [1.82, 2.24) is 0 Å². The van der Waals surface area contributed by atoms with Crippen molar-refractivity contribution in [3.05, 3.63) is 63.9 Å². The summed E-state index contributed by atoms with van der Waals surface area (Å²) < 4.78 is 14.6. The van der Waals surface area contributed by atoms with Gasteiger partial charge in [-0.3, -0.25) is 0 Å². The second-order valence-electron chi connectivity index (χ2n) is 3.87. The van der Waals surface area contributed by atoms with Crippen molar-refractivity contribution < 1.29 is 14.3 Å². The summed E-state index contributed by atoms with van der Waals surface area (Å²) in [4.78, 5) is 11.2. The largest absolute Gasteiger partial charge is 0.478 e. The van der Waals surface area contributed by atoms with E-state index in [2.05, 4.69) is 15.9 Å². The van der Waals surface area contributed by atoms with Crippen LogP contribution in [0.4, 0.5) is 4.39 Å². The van der Waals surface area contributed by atoms with Crippen LogP contribution in [0, 0.1) is 5.82 Å². The van der Waals surface area contributed by atoms with Crippen molar-refractivity contribution in [3.8, 4) is 0 Å². The van der Waals surface area contributed by atoms with Gasteiger partial charge in [0.2, 0.25) is 0 Å². The number of rotatable bonds is 4. The van der Waals surface area contributed by atoms with Crippen LogP contribution in [0.5, 0.6) is 0 Å². The summed E-state index contributed by atoms with van der Waals surface area (Å²) >= 11 is 4.63. The molecule has 98 valence electrons.